The van der Waals surface area contributed by atoms with Crippen molar-refractivity contribution in [3.63, 3.8) is 0 Å². The Morgan fingerprint density at radius 2 is 1.32 bits per heavy atom. The maximum Gasteiger partial charge on any atom is 0.193 e. The number of carbonyl (C=O) groups is 1. The van der Waals surface area contributed by atoms with Crippen molar-refractivity contribution in [3.8, 4) is 0 Å². The number of ketones is 1. The van der Waals surface area contributed by atoms with Gasteiger partial charge in [0, 0.05) is 41.7 Å². The van der Waals surface area contributed by atoms with Crippen molar-refractivity contribution >= 4 is 32.1 Å². The van der Waals surface area contributed by atoms with E-state index in [-0.39, 0.29) is 11.5 Å². The van der Waals surface area contributed by atoms with Crippen LogP contribution in [0.25, 0.3) is 10.8 Å². The first-order valence-corrected chi connectivity index (χ1v) is 11.6. The molecule has 156 valence electrons. The van der Waals surface area contributed by atoms with Crippen LogP contribution in [-0.2, 0) is 15.6 Å². The first-order valence-electron chi connectivity index (χ1n) is 9.97. The van der Waals surface area contributed by atoms with Gasteiger partial charge in [0.15, 0.2) is 15.6 Å². The number of hydrogen-bond donors (Lipinski definition) is 0. The molecule has 0 amide bonds. The van der Waals surface area contributed by atoms with E-state index < -0.39 is 9.84 Å². The van der Waals surface area contributed by atoms with Crippen LogP contribution in [0.5, 0.6) is 0 Å². The summed E-state index contributed by atoms with van der Waals surface area (Å²) < 4.78 is 26.5. The summed E-state index contributed by atoms with van der Waals surface area (Å²) in [5.74, 6) is -0.210. The van der Waals surface area contributed by atoms with Crippen molar-refractivity contribution in [2.45, 2.75) is 10.6 Å². The van der Waals surface area contributed by atoms with Gasteiger partial charge in [-0.15, -0.1) is 0 Å². The molecule has 0 unspecified atom stereocenters. The number of hydrogen-bond acceptors (Lipinski definition) is 4. The Morgan fingerprint density at radius 3 is 2.00 bits per heavy atom. The standard InChI is InChI=1S/C26H23NO3S/c1-27(2)24-12-6-11-23-22(24)10-7-13-25(23)31(29,30)18-19-14-16-21(17-15-19)26(28)20-8-4-3-5-9-20/h3-17H,18H2,1-2H3. The van der Waals surface area contributed by atoms with Crippen LogP contribution >= 0.6 is 0 Å². The molecule has 4 aromatic carbocycles. The molecular formula is C26H23NO3S. The molecule has 0 aliphatic carbocycles. The molecule has 0 aliphatic rings. The van der Waals surface area contributed by atoms with Gasteiger partial charge in [-0.3, -0.25) is 4.79 Å². The molecule has 0 fully saturated rings. The average molecular weight is 430 g/mol. The molecule has 4 nitrogen and oxygen atoms in total. The van der Waals surface area contributed by atoms with Gasteiger partial charge in [-0.1, -0.05) is 78.9 Å². The van der Waals surface area contributed by atoms with Crippen molar-refractivity contribution in [2.24, 2.45) is 0 Å². The van der Waals surface area contributed by atoms with E-state index in [0.29, 0.717) is 27.0 Å². The summed E-state index contributed by atoms with van der Waals surface area (Å²) in [6.07, 6.45) is 0. The quantitative estimate of drug-likeness (QED) is 0.400. The van der Waals surface area contributed by atoms with Gasteiger partial charge in [0.2, 0.25) is 0 Å². The lowest BCUT2D eigenvalue weighted by atomic mass is 10.0. The summed E-state index contributed by atoms with van der Waals surface area (Å²) in [5, 5.41) is 1.61. The highest BCUT2D eigenvalue weighted by molar-refractivity contribution is 7.90. The monoisotopic (exact) mass is 429 g/mol. The third kappa shape index (κ3) is 4.23. The van der Waals surface area contributed by atoms with Crippen LogP contribution in [0.4, 0.5) is 5.69 Å². The van der Waals surface area contributed by atoms with Gasteiger partial charge >= 0.3 is 0 Å². The minimum atomic E-state index is -3.57. The molecule has 0 heterocycles. The largest absolute Gasteiger partial charge is 0.377 e. The second kappa shape index (κ2) is 8.36. The van der Waals surface area contributed by atoms with E-state index in [9.17, 15) is 13.2 Å². The van der Waals surface area contributed by atoms with Crippen LogP contribution in [0.3, 0.4) is 0 Å². The summed E-state index contributed by atoms with van der Waals surface area (Å²) in [6.45, 7) is 0. The zero-order chi connectivity index (χ0) is 22.0. The summed E-state index contributed by atoms with van der Waals surface area (Å²) >= 11 is 0. The third-order valence-electron chi connectivity index (χ3n) is 5.28. The molecule has 0 N–H and O–H groups in total. The first kappa shape index (κ1) is 20.8. The number of carbonyl (C=O) groups excluding carboxylic acids is 1. The van der Waals surface area contributed by atoms with E-state index >= 15 is 0 Å². The third-order valence-corrected chi connectivity index (χ3v) is 7.02. The Bertz CT molecular complexity index is 1340. The second-order valence-corrected chi connectivity index (χ2v) is 9.63. The maximum absolute atomic E-state index is 13.3. The van der Waals surface area contributed by atoms with Gasteiger partial charge in [0.05, 0.1) is 10.6 Å². The van der Waals surface area contributed by atoms with Crippen LogP contribution in [0.2, 0.25) is 0 Å². The maximum atomic E-state index is 13.3. The number of fused-ring (bicyclic) bond motifs is 1. The summed E-state index contributed by atoms with van der Waals surface area (Å²) in [4.78, 5) is 14.9. The van der Waals surface area contributed by atoms with Crippen molar-refractivity contribution in [3.05, 3.63) is 108 Å². The molecule has 5 heteroatoms. The number of rotatable bonds is 6. The van der Waals surface area contributed by atoms with Crippen LogP contribution in [0, 0.1) is 0 Å². The van der Waals surface area contributed by atoms with Crippen molar-refractivity contribution in [1.82, 2.24) is 0 Å². The smallest absolute Gasteiger partial charge is 0.193 e. The van der Waals surface area contributed by atoms with E-state index in [4.69, 9.17) is 0 Å². The van der Waals surface area contributed by atoms with Crippen molar-refractivity contribution in [2.75, 3.05) is 19.0 Å². The zero-order valence-corrected chi connectivity index (χ0v) is 18.3. The Labute approximate surface area is 182 Å². The highest BCUT2D eigenvalue weighted by Crippen LogP contribution is 2.31. The van der Waals surface area contributed by atoms with Crippen LogP contribution in [-0.4, -0.2) is 28.3 Å². The molecule has 4 aromatic rings. The van der Waals surface area contributed by atoms with Crippen LogP contribution in [0.1, 0.15) is 21.5 Å². The SMILES string of the molecule is CN(C)c1cccc2c(S(=O)(=O)Cc3ccc(C(=O)c4ccccc4)cc3)cccc12. The number of nitrogens with zero attached hydrogens (tertiary/aromatic N) is 1. The molecule has 0 spiro atoms. The minimum absolute atomic E-state index is 0.0831. The number of sulfone groups is 1. The predicted octanol–water partition coefficient (Wildman–Crippen LogP) is 5.11. The fraction of sp³-hybridized carbons (Fsp3) is 0.115. The lowest BCUT2D eigenvalue weighted by Crippen LogP contribution is -2.10. The number of benzene rings is 4. The van der Waals surface area contributed by atoms with Crippen LogP contribution < -0.4 is 4.90 Å². The minimum Gasteiger partial charge on any atom is -0.377 e. The van der Waals surface area contributed by atoms with E-state index in [1.807, 2.05) is 61.5 Å². The Hall–Kier alpha value is -3.44. The summed E-state index contributed by atoms with van der Waals surface area (Å²) in [6, 6.07) is 26.9. The normalized spacial score (nSPS) is 11.4. The molecule has 0 atom stereocenters. The average Bonchev–Trinajstić information content (AvgIpc) is 2.78. The molecular weight excluding hydrogens is 406 g/mol. The first-order chi connectivity index (χ1) is 14.9. The highest BCUT2D eigenvalue weighted by atomic mass is 32.2. The zero-order valence-electron chi connectivity index (χ0n) is 17.4. The van der Waals surface area contributed by atoms with Crippen molar-refractivity contribution < 1.29 is 13.2 Å². The van der Waals surface area contributed by atoms with Gasteiger partial charge in [-0.2, -0.15) is 0 Å². The predicted molar refractivity (Wildman–Crippen MR) is 125 cm³/mol. The Morgan fingerprint density at radius 1 is 0.710 bits per heavy atom. The van der Waals surface area contributed by atoms with Gasteiger partial charge in [0.25, 0.3) is 0 Å². The molecule has 0 aliphatic heterocycles. The lowest BCUT2D eigenvalue weighted by molar-refractivity contribution is 0.103. The van der Waals surface area contributed by atoms with Crippen LogP contribution in [0.15, 0.2) is 95.9 Å². The number of anilines is 1. The fourth-order valence-electron chi connectivity index (χ4n) is 3.73. The van der Waals surface area contributed by atoms with Gasteiger partial charge in [-0.25, -0.2) is 8.42 Å². The van der Waals surface area contributed by atoms with E-state index in [1.165, 1.54) is 0 Å². The molecule has 0 saturated carbocycles. The molecule has 4 rings (SSSR count). The molecule has 0 aromatic heterocycles. The highest BCUT2D eigenvalue weighted by Gasteiger charge is 2.20. The van der Waals surface area contributed by atoms with Gasteiger partial charge in [-0.05, 0) is 17.7 Å². The summed E-state index contributed by atoms with van der Waals surface area (Å²) in [5.41, 5.74) is 2.76. The Balaban J connectivity index is 1.64. The summed E-state index contributed by atoms with van der Waals surface area (Å²) in [7, 11) is 0.306. The van der Waals surface area contributed by atoms with Gasteiger partial charge in [0.1, 0.15) is 0 Å². The van der Waals surface area contributed by atoms with E-state index in [1.54, 1.807) is 48.5 Å². The molecule has 0 radical (unpaired) electrons. The Kier molecular flexibility index (Phi) is 5.61. The fourth-order valence-corrected chi connectivity index (χ4v) is 5.32. The molecule has 31 heavy (non-hydrogen) atoms. The topological polar surface area (TPSA) is 54.5 Å². The lowest BCUT2D eigenvalue weighted by Gasteiger charge is -2.17. The molecule has 0 bridgehead atoms. The second-order valence-electron chi connectivity index (χ2n) is 7.67. The van der Waals surface area contributed by atoms with E-state index in [2.05, 4.69) is 0 Å². The molecule has 0 saturated heterocycles. The van der Waals surface area contributed by atoms with Gasteiger partial charge < -0.3 is 4.90 Å². The van der Waals surface area contributed by atoms with Crippen molar-refractivity contribution in [1.29, 1.82) is 0 Å². The van der Waals surface area contributed by atoms with E-state index in [0.717, 1.165) is 11.1 Å².